The minimum absolute atomic E-state index is 0.665. The van der Waals surface area contributed by atoms with Crippen molar-refractivity contribution < 1.29 is 0 Å². The second kappa shape index (κ2) is 6.48. The maximum Gasteiger partial charge on any atom is 0.123 e. The first-order chi connectivity index (χ1) is 9.86. The summed E-state index contributed by atoms with van der Waals surface area (Å²) in [6.45, 7) is 4.16. The SMILES string of the molecule is NCCc1csc(-c2ccccc2CN2CCCC2)n1. The molecule has 0 bridgehead atoms. The van der Waals surface area contributed by atoms with Crippen molar-refractivity contribution >= 4 is 11.3 Å². The van der Waals surface area contributed by atoms with E-state index in [-0.39, 0.29) is 0 Å². The van der Waals surface area contributed by atoms with Crippen LogP contribution in [0.2, 0.25) is 0 Å². The van der Waals surface area contributed by atoms with Gasteiger partial charge in [0.2, 0.25) is 0 Å². The molecule has 1 aromatic carbocycles. The van der Waals surface area contributed by atoms with Gasteiger partial charge < -0.3 is 5.73 Å². The zero-order chi connectivity index (χ0) is 13.8. The lowest BCUT2D eigenvalue weighted by atomic mass is 10.1. The summed E-state index contributed by atoms with van der Waals surface area (Å²) in [5.74, 6) is 0. The van der Waals surface area contributed by atoms with Crippen molar-refractivity contribution in [2.45, 2.75) is 25.8 Å². The Morgan fingerprint density at radius 3 is 2.80 bits per heavy atom. The van der Waals surface area contributed by atoms with Gasteiger partial charge in [0.15, 0.2) is 0 Å². The van der Waals surface area contributed by atoms with Crippen LogP contribution in [0.1, 0.15) is 24.1 Å². The number of hydrogen-bond acceptors (Lipinski definition) is 4. The van der Waals surface area contributed by atoms with E-state index >= 15 is 0 Å². The van der Waals surface area contributed by atoms with Crippen LogP contribution < -0.4 is 5.73 Å². The second-order valence-electron chi connectivity index (χ2n) is 5.32. The minimum Gasteiger partial charge on any atom is -0.330 e. The zero-order valence-corrected chi connectivity index (χ0v) is 12.5. The Kier molecular flexibility index (Phi) is 4.45. The second-order valence-corrected chi connectivity index (χ2v) is 6.18. The van der Waals surface area contributed by atoms with E-state index in [2.05, 4.69) is 34.5 Å². The highest BCUT2D eigenvalue weighted by molar-refractivity contribution is 7.13. The average molecular weight is 287 g/mol. The molecule has 2 heterocycles. The van der Waals surface area contributed by atoms with Crippen LogP contribution >= 0.6 is 11.3 Å². The summed E-state index contributed by atoms with van der Waals surface area (Å²) in [5, 5.41) is 3.26. The molecule has 1 saturated heterocycles. The Balaban J connectivity index is 1.83. The van der Waals surface area contributed by atoms with E-state index in [4.69, 9.17) is 10.7 Å². The van der Waals surface area contributed by atoms with Crippen molar-refractivity contribution in [1.82, 2.24) is 9.88 Å². The third kappa shape index (κ3) is 3.08. The molecule has 4 heteroatoms. The highest BCUT2D eigenvalue weighted by Crippen LogP contribution is 2.28. The normalized spacial score (nSPS) is 15.8. The molecule has 1 aliphatic rings. The van der Waals surface area contributed by atoms with Gasteiger partial charge in [0.05, 0.1) is 5.69 Å². The van der Waals surface area contributed by atoms with Crippen LogP contribution in [0.4, 0.5) is 0 Å². The van der Waals surface area contributed by atoms with E-state index in [0.717, 1.165) is 23.7 Å². The predicted molar refractivity (Wildman–Crippen MR) is 84.8 cm³/mol. The third-order valence-corrected chi connectivity index (χ3v) is 4.72. The molecule has 1 aromatic heterocycles. The van der Waals surface area contributed by atoms with Crippen LogP contribution in [0.5, 0.6) is 0 Å². The van der Waals surface area contributed by atoms with Crippen molar-refractivity contribution in [1.29, 1.82) is 0 Å². The molecule has 106 valence electrons. The number of benzene rings is 1. The largest absolute Gasteiger partial charge is 0.330 e. The number of thiazole rings is 1. The molecule has 1 fully saturated rings. The Hall–Kier alpha value is -1.23. The smallest absolute Gasteiger partial charge is 0.123 e. The molecule has 20 heavy (non-hydrogen) atoms. The topological polar surface area (TPSA) is 42.1 Å². The molecule has 0 radical (unpaired) electrons. The minimum atomic E-state index is 0.665. The van der Waals surface area contributed by atoms with E-state index in [1.165, 1.54) is 37.1 Å². The summed E-state index contributed by atoms with van der Waals surface area (Å²) in [5.41, 5.74) is 9.40. The molecule has 3 rings (SSSR count). The summed E-state index contributed by atoms with van der Waals surface area (Å²) >= 11 is 1.73. The van der Waals surface area contributed by atoms with Crippen LogP contribution in [-0.4, -0.2) is 29.5 Å². The van der Waals surface area contributed by atoms with E-state index in [0.29, 0.717) is 6.54 Å². The van der Waals surface area contributed by atoms with Crippen LogP contribution in [0.3, 0.4) is 0 Å². The predicted octanol–water partition coefficient (Wildman–Crippen LogP) is 2.91. The van der Waals surface area contributed by atoms with E-state index < -0.39 is 0 Å². The van der Waals surface area contributed by atoms with Gasteiger partial charge >= 0.3 is 0 Å². The fourth-order valence-corrected chi connectivity index (χ4v) is 3.66. The molecule has 0 atom stereocenters. The number of aromatic nitrogens is 1. The third-order valence-electron chi connectivity index (χ3n) is 3.79. The molecular weight excluding hydrogens is 266 g/mol. The van der Waals surface area contributed by atoms with Gasteiger partial charge in [0, 0.05) is 23.9 Å². The number of nitrogens with two attached hydrogens (primary N) is 1. The molecule has 2 aromatic rings. The van der Waals surface area contributed by atoms with E-state index in [1.54, 1.807) is 11.3 Å². The van der Waals surface area contributed by atoms with Crippen molar-refractivity contribution in [2.24, 2.45) is 5.73 Å². The van der Waals surface area contributed by atoms with Gasteiger partial charge in [-0.25, -0.2) is 4.98 Å². The average Bonchev–Trinajstić information content (AvgIpc) is 3.12. The summed E-state index contributed by atoms with van der Waals surface area (Å²) in [6, 6.07) is 8.66. The first-order valence-electron chi connectivity index (χ1n) is 7.32. The quantitative estimate of drug-likeness (QED) is 0.919. The molecule has 0 unspecified atom stereocenters. The lowest BCUT2D eigenvalue weighted by molar-refractivity contribution is 0.332. The fourth-order valence-electron chi connectivity index (χ4n) is 2.74. The Morgan fingerprint density at radius 2 is 2.00 bits per heavy atom. The van der Waals surface area contributed by atoms with Gasteiger partial charge in [0.25, 0.3) is 0 Å². The number of nitrogens with zero attached hydrogens (tertiary/aromatic N) is 2. The van der Waals surface area contributed by atoms with Gasteiger partial charge in [-0.05, 0) is 38.0 Å². The highest BCUT2D eigenvalue weighted by atomic mass is 32.1. The fraction of sp³-hybridized carbons (Fsp3) is 0.438. The van der Waals surface area contributed by atoms with Crippen molar-refractivity contribution in [2.75, 3.05) is 19.6 Å². The number of hydrogen-bond donors (Lipinski definition) is 1. The Morgan fingerprint density at radius 1 is 1.20 bits per heavy atom. The lowest BCUT2D eigenvalue weighted by Gasteiger charge is -2.16. The molecule has 1 aliphatic heterocycles. The van der Waals surface area contributed by atoms with Gasteiger partial charge in [-0.15, -0.1) is 11.3 Å². The molecule has 2 N–H and O–H groups in total. The van der Waals surface area contributed by atoms with E-state index in [1.807, 2.05) is 0 Å². The standard InChI is InChI=1S/C16H21N3S/c17-8-7-14-12-20-16(18-14)15-6-2-1-5-13(15)11-19-9-3-4-10-19/h1-2,5-6,12H,3-4,7-11,17H2. The maximum atomic E-state index is 5.61. The molecule has 0 spiro atoms. The highest BCUT2D eigenvalue weighted by Gasteiger charge is 2.15. The van der Waals surface area contributed by atoms with Crippen molar-refractivity contribution in [3.63, 3.8) is 0 Å². The molecule has 0 saturated carbocycles. The summed E-state index contributed by atoms with van der Waals surface area (Å²) < 4.78 is 0. The Labute approximate surface area is 124 Å². The molecule has 0 amide bonds. The van der Waals surface area contributed by atoms with Crippen LogP contribution in [0.25, 0.3) is 10.6 Å². The first kappa shape index (κ1) is 13.7. The Bertz CT molecular complexity index is 558. The summed E-state index contributed by atoms with van der Waals surface area (Å²) in [4.78, 5) is 7.26. The number of rotatable bonds is 5. The summed E-state index contributed by atoms with van der Waals surface area (Å²) in [7, 11) is 0. The van der Waals surface area contributed by atoms with Crippen LogP contribution in [0, 0.1) is 0 Å². The molecule has 0 aliphatic carbocycles. The van der Waals surface area contributed by atoms with Gasteiger partial charge in [0.1, 0.15) is 5.01 Å². The van der Waals surface area contributed by atoms with Crippen molar-refractivity contribution in [3.8, 4) is 10.6 Å². The van der Waals surface area contributed by atoms with Crippen LogP contribution in [0.15, 0.2) is 29.6 Å². The van der Waals surface area contributed by atoms with Crippen molar-refractivity contribution in [3.05, 3.63) is 40.9 Å². The molecule has 3 nitrogen and oxygen atoms in total. The van der Waals surface area contributed by atoms with Gasteiger partial charge in [-0.2, -0.15) is 0 Å². The molecular formula is C16H21N3S. The number of likely N-dealkylation sites (tertiary alicyclic amines) is 1. The first-order valence-corrected chi connectivity index (χ1v) is 8.20. The zero-order valence-electron chi connectivity index (χ0n) is 11.7. The maximum absolute atomic E-state index is 5.61. The van der Waals surface area contributed by atoms with Gasteiger partial charge in [-0.1, -0.05) is 24.3 Å². The summed E-state index contributed by atoms with van der Waals surface area (Å²) in [6.07, 6.45) is 3.53. The van der Waals surface area contributed by atoms with E-state index in [9.17, 15) is 0 Å². The lowest BCUT2D eigenvalue weighted by Crippen LogP contribution is -2.18. The monoisotopic (exact) mass is 287 g/mol. The van der Waals surface area contributed by atoms with Crippen LogP contribution in [-0.2, 0) is 13.0 Å². The van der Waals surface area contributed by atoms with Gasteiger partial charge in [-0.3, -0.25) is 4.90 Å².